The number of hydrogen-bond donors (Lipinski definition) is 2. The Morgan fingerprint density at radius 3 is 2.10 bits per heavy atom. The van der Waals surface area contributed by atoms with Crippen LogP contribution in [0.3, 0.4) is 0 Å². The SMILES string of the molecule is CC(NC(=O)CC1(CS)CC1)C12CC3CC(CC(C3)C1)C2. The summed E-state index contributed by atoms with van der Waals surface area (Å²) in [6.45, 7) is 2.28. The molecule has 1 atom stereocenters. The molecule has 2 nitrogen and oxygen atoms in total. The summed E-state index contributed by atoms with van der Waals surface area (Å²) in [6.07, 6.45) is 11.6. The lowest BCUT2D eigenvalue weighted by atomic mass is 9.48. The van der Waals surface area contributed by atoms with Crippen LogP contribution in [0, 0.1) is 28.6 Å². The van der Waals surface area contributed by atoms with E-state index in [1.165, 1.54) is 51.4 Å². The first-order valence-corrected chi connectivity index (χ1v) is 9.56. The minimum Gasteiger partial charge on any atom is -0.353 e. The first kappa shape index (κ1) is 14.4. The average Bonchev–Trinajstić information content (AvgIpc) is 3.17. The minimum absolute atomic E-state index is 0.244. The molecule has 118 valence electrons. The summed E-state index contributed by atoms with van der Waals surface area (Å²) >= 11 is 4.42. The van der Waals surface area contributed by atoms with Crippen molar-refractivity contribution in [2.45, 2.75) is 70.8 Å². The molecule has 0 radical (unpaired) electrons. The summed E-state index contributed by atoms with van der Waals surface area (Å²) in [4.78, 5) is 12.4. The average molecular weight is 308 g/mol. The van der Waals surface area contributed by atoms with Gasteiger partial charge in [-0.05, 0) is 92.6 Å². The molecule has 5 aliphatic carbocycles. The van der Waals surface area contributed by atoms with Crippen molar-refractivity contribution in [3.63, 3.8) is 0 Å². The van der Waals surface area contributed by atoms with Crippen molar-refractivity contribution >= 4 is 18.5 Å². The Hall–Kier alpha value is -0.180. The molecule has 0 aromatic rings. The van der Waals surface area contributed by atoms with Gasteiger partial charge in [0.25, 0.3) is 0 Å². The Bertz CT molecular complexity index is 407. The van der Waals surface area contributed by atoms with E-state index < -0.39 is 0 Å². The van der Waals surface area contributed by atoms with Crippen LogP contribution in [0.5, 0.6) is 0 Å². The van der Waals surface area contributed by atoms with Gasteiger partial charge < -0.3 is 5.32 Å². The Kier molecular flexibility index (Phi) is 3.37. The van der Waals surface area contributed by atoms with E-state index >= 15 is 0 Å². The van der Waals surface area contributed by atoms with Gasteiger partial charge in [-0.3, -0.25) is 4.79 Å². The van der Waals surface area contributed by atoms with Gasteiger partial charge in [-0.2, -0.15) is 12.6 Å². The molecule has 21 heavy (non-hydrogen) atoms. The van der Waals surface area contributed by atoms with Gasteiger partial charge in [-0.15, -0.1) is 0 Å². The number of carbonyl (C=O) groups excluding carboxylic acids is 1. The number of thiol groups is 1. The zero-order valence-corrected chi connectivity index (χ0v) is 14.1. The predicted octanol–water partition coefficient (Wildman–Crippen LogP) is 3.81. The molecule has 5 aliphatic rings. The number of nitrogens with one attached hydrogen (secondary N) is 1. The van der Waals surface area contributed by atoms with E-state index in [0.717, 1.165) is 23.5 Å². The van der Waals surface area contributed by atoms with Crippen molar-refractivity contribution in [2.24, 2.45) is 28.6 Å². The van der Waals surface area contributed by atoms with Crippen LogP contribution < -0.4 is 5.32 Å². The molecule has 0 heterocycles. The minimum atomic E-state index is 0.244. The molecule has 5 saturated carbocycles. The summed E-state index contributed by atoms with van der Waals surface area (Å²) in [5, 5.41) is 3.39. The summed E-state index contributed by atoms with van der Waals surface area (Å²) in [7, 11) is 0. The molecule has 1 amide bonds. The van der Waals surface area contributed by atoms with Crippen molar-refractivity contribution in [2.75, 3.05) is 5.75 Å². The van der Waals surface area contributed by atoms with Gasteiger partial charge in [0.1, 0.15) is 0 Å². The van der Waals surface area contributed by atoms with Crippen LogP contribution in [0.4, 0.5) is 0 Å². The molecule has 5 rings (SSSR count). The highest BCUT2D eigenvalue weighted by Crippen LogP contribution is 2.61. The smallest absolute Gasteiger partial charge is 0.220 e. The molecule has 0 aromatic heterocycles. The van der Waals surface area contributed by atoms with E-state index in [9.17, 15) is 4.79 Å². The fraction of sp³-hybridized carbons (Fsp3) is 0.944. The van der Waals surface area contributed by atoms with Gasteiger partial charge in [0.15, 0.2) is 0 Å². The summed E-state index contributed by atoms with van der Waals surface area (Å²) < 4.78 is 0. The second-order valence-corrected chi connectivity index (χ2v) is 9.22. The van der Waals surface area contributed by atoms with Gasteiger partial charge in [-0.1, -0.05) is 0 Å². The molecular weight excluding hydrogens is 278 g/mol. The van der Waals surface area contributed by atoms with Crippen molar-refractivity contribution < 1.29 is 4.79 Å². The quantitative estimate of drug-likeness (QED) is 0.743. The van der Waals surface area contributed by atoms with Gasteiger partial charge in [0.05, 0.1) is 0 Å². The summed E-state index contributed by atoms with van der Waals surface area (Å²) in [5.74, 6) is 4.03. The standard InChI is InChI=1S/C18H29NOS/c1-12(19-16(20)10-17(11-21)2-3-17)18-7-13-4-14(8-18)6-15(5-13)9-18/h12-15,21H,2-11H2,1H3,(H,19,20). The fourth-order valence-corrected chi connectivity index (χ4v) is 6.49. The summed E-state index contributed by atoms with van der Waals surface area (Å²) in [5.41, 5.74) is 0.677. The third kappa shape index (κ3) is 2.54. The first-order chi connectivity index (χ1) is 10.0. The molecule has 5 fully saturated rings. The highest BCUT2D eigenvalue weighted by atomic mass is 32.1. The monoisotopic (exact) mass is 307 g/mol. The molecule has 4 bridgehead atoms. The van der Waals surface area contributed by atoms with Crippen LogP contribution in [0.2, 0.25) is 0 Å². The zero-order chi connectivity index (χ0) is 14.7. The lowest BCUT2D eigenvalue weighted by Gasteiger charge is -2.59. The third-order valence-corrected chi connectivity index (χ3v) is 7.88. The maximum Gasteiger partial charge on any atom is 0.220 e. The van der Waals surface area contributed by atoms with Crippen molar-refractivity contribution in [3.8, 4) is 0 Å². The molecule has 0 aromatic carbocycles. The molecule has 1 unspecified atom stereocenters. The van der Waals surface area contributed by atoms with E-state index in [-0.39, 0.29) is 11.3 Å². The van der Waals surface area contributed by atoms with E-state index in [4.69, 9.17) is 0 Å². The second kappa shape index (κ2) is 4.91. The van der Waals surface area contributed by atoms with Crippen molar-refractivity contribution in [1.29, 1.82) is 0 Å². The lowest BCUT2D eigenvalue weighted by Crippen LogP contribution is -2.56. The molecule has 0 aliphatic heterocycles. The van der Waals surface area contributed by atoms with Crippen LogP contribution in [0.25, 0.3) is 0 Å². The van der Waals surface area contributed by atoms with Gasteiger partial charge in [0, 0.05) is 12.5 Å². The van der Waals surface area contributed by atoms with Crippen LogP contribution in [0.1, 0.15) is 64.7 Å². The van der Waals surface area contributed by atoms with Gasteiger partial charge >= 0.3 is 0 Å². The van der Waals surface area contributed by atoms with Crippen LogP contribution in [0.15, 0.2) is 0 Å². The molecule has 0 spiro atoms. The Morgan fingerprint density at radius 2 is 1.67 bits per heavy atom. The fourth-order valence-electron chi connectivity index (χ4n) is 6.06. The lowest BCUT2D eigenvalue weighted by molar-refractivity contribution is -0.126. The third-order valence-electron chi connectivity index (χ3n) is 7.21. The number of hydrogen-bond acceptors (Lipinski definition) is 2. The Labute approximate surface area is 134 Å². The van der Waals surface area contributed by atoms with Crippen LogP contribution in [-0.4, -0.2) is 17.7 Å². The molecule has 3 heteroatoms. The van der Waals surface area contributed by atoms with Gasteiger partial charge in [-0.25, -0.2) is 0 Å². The number of amides is 1. The van der Waals surface area contributed by atoms with Gasteiger partial charge in [0.2, 0.25) is 5.91 Å². The summed E-state index contributed by atoms with van der Waals surface area (Å²) in [6, 6.07) is 0.370. The van der Waals surface area contributed by atoms with Crippen molar-refractivity contribution in [1.82, 2.24) is 5.32 Å². The predicted molar refractivity (Wildman–Crippen MR) is 88.3 cm³/mol. The molecule has 1 N–H and O–H groups in total. The van der Waals surface area contributed by atoms with Crippen LogP contribution >= 0.6 is 12.6 Å². The maximum absolute atomic E-state index is 12.4. The first-order valence-electron chi connectivity index (χ1n) is 8.93. The van der Waals surface area contributed by atoms with Crippen LogP contribution in [-0.2, 0) is 4.79 Å². The van der Waals surface area contributed by atoms with E-state index in [1.54, 1.807) is 0 Å². The zero-order valence-electron chi connectivity index (χ0n) is 13.2. The van der Waals surface area contributed by atoms with E-state index in [1.807, 2.05) is 0 Å². The largest absolute Gasteiger partial charge is 0.353 e. The van der Waals surface area contributed by atoms with E-state index in [2.05, 4.69) is 24.9 Å². The second-order valence-electron chi connectivity index (χ2n) is 8.90. The molecular formula is C18H29NOS. The number of carbonyl (C=O) groups is 1. The maximum atomic E-state index is 12.4. The topological polar surface area (TPSA) is 29.1 Å². The highest BCUT2D eigenvalue weighted by Gasteiger charge is 2.53. The van der Waals surface area contributed by atoms with E-state index in [0.29, 0.717) is 17.9 Å². The Morgan fingerprint density at radius 1 is 1.14 bits per heavy atom. The normalized spacial score (nSPS) is 43.6. The molecule has 0 saturated heterocycles. The highest BCUT2D eigenvalue weighted by molar-refractivity contribution is 7.80. The number of rotatable bonds is 5. The van der Waals surface area contributed by atoms with Crippen molar-refractivity contribution in [3.05, 3.63) is 0 Å². The Balaban J connectivity index is 1.40.